The van der Waals surface area contributed by atoms with Crippen LogP contribution in [-0.4, -0.2) is 11.5 Å². The molecular formula is C12H14N2OS. The molecule has 16 heavy (non-hydrogen) atoms. The fourth-order valence-electron chi connectivity index (χ4n) is 2.05. The minimum atomic E-state index is 0.458. The van der Waals surface area contributed by atoms with E-state index < -0.39 is 0 Å². The van der Waals surface area contributed by atoms with Crippen molar-refractivity contribution in [1.29, 1.82) is 0 Å². The lowest BCUT2D eigenvalue weighted by molar-refractivity contribution is 0.411. The number of hydrogen-bond acceptors (Lipinski definition) is 4. The van der Waals surface area contributed by atoms with E-state index in [4.69, 9.17) is 4.42 Å². The van der Waals surface area contributed by atoms with Gasteiger partial charge in [0.15, 0.2) is 0 Å². The van der Waals surface area contributed by atoms with Gasteiger partial charge in [-0.3, -0.25) is 0 Å². The number of aromatic nitrogens is 1. The topological polar surface area (TPSA) is 38.1 Å². The van der Waals surface area contributed by atoms with Crippen molar-refractivity contribution in [1.82, 2.24) is 10.3 Å². The zero-order chi connectivity index (χ0) is 10.8. The summed E-state index contributed by atoms with van der Waals surface area (Å²) in [5.74, 6) is 0. The molecule has 2 aromatic heterocycles. The van der Waals surface area contributed by atoms with Gasteiger partial charge in [0.05, 0.1) is 24.3 Å². The highest BCUT2D eigenvalue weighted by Crippen LogP contribution is 2.29. The Balaban J connectivity index is 1.82. The molecule has 1 aliphatic rings. The van der Waals surface area contributed by atoms with Crippen LogP contribution in [-0.2, 0) is 0 Å². The van der Waals surface area contributed by atoms with Gasteiger partial charge in [0, 0.05) is 10.9 Å². The Labute approximate surface area is 98.5 Å². The van der Waals surface area contributed by atoms with Crippen LogP contribution in [0.5, 0.6) is 0 Å². The maximum Gasteiger partial charge on any atom is 0.110 e. The Bertz CT molecular complexity index is 443. The predicted octanol–water partition coefficient (Wildman–Crippen LogP) is 3.22. The quantitative estimate of drug-likeness (QED) is 0.867. The van der Waals surface area contributed by atoms with Gasteiger partial charge in [-0.25, -0.2) is 4.98 Å². The molecular weight excluding hydrogens is 220 g/mol. The summed E-state index contributed by atoms with van der Waals surface area (Å²) < 4.78 is 5.07. The first-order valence-electron chi connectivity index (χ1n) is 5.65. The lowest BCUT2D eigenvalue weighted by Gasteiger charge is -2.21. The largest absolute Gasteiger partial charge is 0.472 e. The Morgan fingerprint density at radius 1 is 1.44 bits per heavy atom. The molecule has 1 fully saturated rings. The van der Waals surface area contributed by atoms with Crippen molar-refractivity contribution in [3.8, 4) is 11.3 Å². The molecule has 0 bridgehead atoms. The molecule has 3 nitrogen and oxygen atoms in total. The number of nitrogens with one attached hydrogen (secondary N) is 1. The third kappa shape index (κ3) is 1.90. The second-order valence-electron chi connectivity index (χ2n) is 4.09. The summed E-state index contributed by atoms with van der Waals surface area (Å²) >= 11 is 1.74. The number of nitrogens with zero attached hydrogens (tertiary/aromatic N) is 1. The fourth-order valence-corrected chi connectivity index (χ4v) is 2.99. The molecule has 0 aromatic carbocycles. The van der Waals surface area contributed by atoms with Crippen molar-refractivity contribution in [3.63, 3.8) is 0 Å². The molecule has 1 aliphatic heterocycles. The first-order chi connectivity index (χ1) is 7.93. The monoisotopic (exact) mass is 234 g/mol. The van der Waals surface area contributed by atoms with Crippen LogP contribution in [0.2, 0.25) is 0 Å². The van der Waals surface area contributed by atoms with Gasteiger partial charge < -0.3 is 9.73 Å². The molecule has 1 atom stereocenters. The van der Waals surface area contributed by atoms with E-state index in [1.807, 2.05) is 6.07 Å². The Morgan fingerprint density at radius 3 is 3.19 bits per heavy atom. The van der Waals surface area contributed by atoms with Gasteiger partial charge in [0.25, 0.3) is 0 Å². The molecule has 3 rings (SSSR count). The van der Waals surface area contributed by atoms with E-state index in [9.17, 15) is 0 Å². The van der Waals surface area contributed by atoms with E-state index >= 15 is 0 Å². The number of furan rings is 1. The van der Waals surface area contributed by atoms with Crippen molar-refractivity contribution >= 4 is 11.3 Å². The summed E-state index contributed by atoms with van der Waals surface area (Å²) in [4.78, 5) is 4.67. The second kappa shape index (κ2) is 4.39. The standard InChI is InChI=1S/C12H14N2OS/c1-2-5-13-10(3-1)12-14-11(8-16-12)9-4-6-15-7-9/h4,6-8,10,13H,1-3,5H2. The fraction of sp³-hybridized carbons (Fsp3) is 0.417. The van der Waals surface area contributed by atoms with Crippen LogP contribution < -0.4 is 5.32 Å². The summed E-state index contributed by atoms with van der Waals surface area (Å²) in [6, 6.07) is 2.41. The molecule has 3 heterocycles. The summed E-state index contributed by atoms with van der Waals surface area (Å²) in [5, 5.41) is 6.83. The van der Waals surface area contributed by atoms with E-state index in [1.165, 1.54) is 24.3 Å². The lowest BCUT2D eigenvalue weighted by Crippen LogP contribution is -2.26. The van der Waals surface area contributed by atoms with Crippen molar-refractivity contribution in [2.24, 2.45) is 0 Å². The summed E-state index contributed by atoms with van der Waals surface area (Å²) in [5.41, 5.74) is 2.10. The molecule has 4 heteroatoms. The Morgan fingerprint density at radius 2 is 2.44 bits per heavy atom. The van der Waals surface area contributed by atoms with E-state index in [-0.39, 0.29) is 0 Å². The van der Waals surface area contributed by atoms with Gasteiger partial charge in [-0.05, 0) is 25.5 Å². The molecule has 0 saturated carbocycles. The predicted molar refractivity (Wildman–Crippen MR) is 64.4 cm³/mol. The maximum atomic E-state index is 5.07. The first-order valence-corrected chi connectivity index (χ1v) is 6.53. The lowest BCUT2D eigenvalue weighted by atomic mass is 10.1. The smallest absolute Gasteiger partial charge is 0.110 e. The minimum Gasteiger partial charge on any atom is -0.472 e. The van der Waals surface area contributed by atoms with Gasteiger partial charge in [0.1, 0.15) is 5.01 Å². The SMILES string of the molecule is c1cc(-c2csc(C3CCCCN3)n2)co1. The maximum absolute atomic E-state index is 5.07. The molecule has 1 saturated heterocycles. The van der Waals surface area contributed by atoms with E-state index in [0.717, 1.165) is 17.8 Å². The number of thiazole rings is 1. The Hall–Kier alpha value is -1.13. The van der Waals surface area contributed by atoms with E-state index in [1.54, 1.807) is 23.9 Å². The van der Waals surface area contributed by atoms with Crippen LogP contribution >= 0.6 is 11.3 Å². The third-order valence-electron chi connectivity index (χ3n) is 2.95. The van der Waals surface area contributed by atoms with Crippen molar-refractivity contribution in [3.05, 3.63) is 29.0 Å². The van der Waals surface area contributed by atoms with Gasteiger partial charge in [-0.2, -0.15) is 0 Å². The van der Waals surface area contributed by atoms with Crippen molar-refractivity contribution < 1.29 is 4.42 Å². The highest BCUT2D eigenvalue weighted by atomic mass is 32.1. The minimum absolute atomic E-state index is 0.458. The number of rotatable bonds is 2. The molecule has 0 aliphatic carbocycles. The molecule has 0 radical (unpaired) electrons. The molecule has 0 spiro atoms. The Kier molecular flexibility index (Phi) is 2.76. The zero-order valence-corrected chi connectivity index (χ0v) is 9.80. The average molecular weight is 234 g/mol. The molecule has 1 N–H and O–H groups in total. The highest BCUT2D eigenvalue weighted by Gasteiger charge is 2.18. The second-order valence-corrected chi connectivity index (χ2v) is 4.98. The van der Waals surface area contributed by atoms with Crippen LogP contribution in [0.3, 0.4) is 0 Å². The van der Waals surface area contributed by atoms with Crippen molar-refractivity contribution in [2.75, 3.05) is 6.54 Å². The van der Waals surface area contributed by atoms with Crippen LogP contribution in [0.4, 0.5) is 0 Å². The first kappa shape index (κ1) is 10.1. The highest BCUT2D eigenvalue weighted by molar-refractivity contribution is 7.10. The van der Waals surface area contributed by atoms with Crippen LogP contribution in [0.1, 0.15) is 30.3 Å². The van der Waals surface area contributed by atoms with Crippen LogP contribution in [0.15, 0.2) is 28.4 Å². The average Bonchev–Trinajstić information content (AvgIpc) is 3.01. The molecule has 0 amide bonds. The van der Waals surface area contributed by atoms with E-state index in [0.29, 0.717) is 6.04 Å². The van der Waals surface area contributed by atoms with Crippen molar-refractivity contribution in [2.45, 2.75) is 25.3 Å². The summed E-state index contributed by atoms with van der Waals surface area (Å²) in [6.45, 7) is 1.12. The van der Waals surface area contributed by atoms with Gasteiger partial charge >= 0.3 is 0 Å². The van der Waals surface area contributed by atoms with Gasteiger partial charge in [-0.1, -0.05) is 6.42 Å². The van der Waals surface area contributed by atoms with Crippen LogP contribution in [0.25, 0.3) is 11.3 Å². The van der Waals surface area contributed by atoms with Gasteiger partial charge in [-0.15, -0.1) is 11.3 Å². The zero-order valence-electron chi connectivity index (χ0n) is 8.98. The molecule has 2 aromatic rings. The van der Waals surface area contributed by atoms with Gasteiger partial charge in [0.2, 0.25) is 0 Å². The summed E-state index contributed by atoms with van der Waals surface area (Å²) in [7, 11) is 0. The summed E-state index contributed by atoms with van der Waals surface area (Å²) in [6.07, 6.45) is 7.23. The third-order valence-corrected chi connectivity index (χ3v) is 3.91. The van der Waals surface area contributed by atoms with E-state index in [2.05, 4.69) is 15.7 Å². The number of hydrogen-bond donors (Lipinski definition) is 1. The molecule has 1 unspecified atom stereocenters. The molecule has 84 valence electrons. The number of piperidine rings is 1. The van der Waals surface area contributed by atoms with Crippen LogP contribution in [0, 0.1) is 0 Å². The normalized spacial score (nSPS) is 21.1.